The fraction of sp³-hybridized carbons (Fsp3) is 0.600. The average molecular weight is 292 g/mol. The molecule has 1 heterocycles. The summed E-state index contributed by atoms with van der Waals surface area (Å²) in [6, 6.07) is 3.32. The molecule has 0 spiro atoms. The van der Waals surface area contributed by atoms with Crippen molar-refractivity contribution < 1.29 is 9.21 Å². The Hall–Kier alpha value is -1.98. The Labute approximate surface area is 125 Å². The summed E-state index contributed by atoms with van der Waals surface area (Å²) in [6.45, 7) is 3.64. The Kier molecular flexibility index (Phi) is 4.88. The lowest BCUT2D eigenvalue weighted by Crippen LogP contribution is -2.46. The van der Waals surface area contributed by atoms with Gasteiger partial charge < -0.3 is 20.8 Å². The second kappa shape index (κ2) is 6.65. The fourth-order valence-electron chi connectivity index (χ4n) is 2.60. The van der Waals surface area contributed by atoms with E-state index in [1.54, 1.807) is 19.2 Å². The molecular formula is C15H24N4O2. The molecule has 1 aliphatic carbocycles. The predicted octanol–water partition coefficient (Wildman–Crippen LogP) is 1.62. The predicted molar refractivity (Wildman–Crippen MR) is 82.0 cm³/mol. The van der Waals surface area contributed by atoms with Crippen molar-refractivity contribution >= 4 is 11.9 Å². The van der Waals surface area contributed by atoms with Gasteiger partial charge in [0.05, 0.1) is 6.54 Å². The number of furan rings is 1. The van der Waals surface area contributed by atoms with Gasteiger partial charge in [0, 0.05) is 13.6 Å². The summed E-state index contributed by atoms with van der Waals surface area (Å²) in [4.78, 5) is 15.2. The minimum atomic E-state index is -0.557. The van der Waals surface area contributed by atoms with E-state index in [4.69, 9.17) is 10.2 Å². The number of carbonyl (C=O) groups excluding carboxylic acids is 1. The van der Waals surface area contributed by atoms with Crippen LogP contribution in [0.4, 0.5) is 0 Å². The second-order valence-corrected chi connectivity index (χ2v) is 5.62. The number of nitrogens with two attached hydrogens (primary N) is 1. The van der Waals surface area contributed by atoms with Crippen LogP contribution in [0.25, 0.3) is 0 Å². The third-order valence-electron chi connectivity index (χ3n) is 4.35. The Morgan fingerprint density at radius 1 is 1.43 bits per heavy atom. The maximum absolute atomic E-state index is 11.0. The molecule has 0 atom stereocenters. The van der Waals surface area contributed by atoms with Gasteiger partial charge in [0.2, 0.25) is 0 Å². The molecule has 0 unspecified atom stereocenters. The Morgan fingerprint density at radius 3 is 2.67 bits per heavy atom. The molecule has 4 N–H and O–H groups in total. The first-order valence-corrected chi connectivity index (χ1v) is 7.41. The molecule has 1 aliphatic rings. The van der Waals surface area contributed by atoms with Gasteiger partial charge in [-0.25, -0.2) is 0 Å². The number of amides is 1. The summed E-state index contributed by atoms with van der Waals surface area (Å²) in [6.07, 6.45) is 5.09. The van der Waals surface area contributed by atoms with E-state index in [2.05, 4.69) is 22.5 Å². The first-order valence-electron chi connectivity index (χ1n) is 7.41. The highest BCUT2D eigenvalue weighted by molar-refractivity contribution is 5.89. The molecular weight excluding hydrogens is 268 g/mol. The molecule has 0 bridgehead atoms. The average Bonchev–Trinajstić information content (AvgIpc) is 2.90. The lowest BCUT2D eigenvalue weighted by Gasteiger charge is -2.41. The van der Waals surface area contributed by atoms with Crippen molar-refractivity contribution in [3.05, 3.63) is 23.7 Å². The summed E-state index contributed by atoms with van der Waals surface area (Å²) in [7, 11) is 1.74. The Balaban J connectivity index is 1.81. The first kappa shape index (κ1) is 15.4. The minimum Gasteiger partial charge on any atom is -0.454 e. The second-order valence-electron chi connectivity index (χ2n) is 5.62. The molecule has 1 saturated carbocycles. The highest BCUT2D eigenvalue weighted by Crippen LogP contribution is 2.42. The van der Waals surface area contributed by atoms with Gasteiger partial charge in [-0.3, -0.25) is 9.79 Å². The van der Waals surface area contributed by atoms with Gasteiger partial charge in [-0.15, -0.1) is 0 Å². The minimum absolute atomic E-state index is 0.175. The van der Waals surface area contributed by atoms with Gasteiger partial charge >= 0.3 is 0 Å². The molecule has 21 heavy (non-hydrogen) atoms. The lowest BCUT2D eigenvalue weighted by atomic mass is 9.67. The number of rotatable bonds is 6. The number of primary amides is 1. The molecule has 1 fully saturated rings. The molecule has 116 valence electrons. The number of aliphatic imine (C=N–C) groups is 1. The normalized spacial score (nSPS) is 17.1. The van der Waals surface area contributed by atoms with E-state index in [0.29, 0.717) is 17.7 Å². The van der Waals surface area contributed by atoms with Crippen molar-refractivity contribution in [2.24, 2.45) is 16.1 Å². The van der Waals surface area contributed by atoms with Crippen molar-refractivity contribution in [3.63, 3.8) is 0 Å². The van der Waals surface area contributed by atoms with Crippen LogP contribution in [0, 0.1) is 5.41 Å². The van der Waals surface area contributed by atoms with Crippen molar-refractivity contribution in [3.8, 4) is 0 Å². The molecule has 0 aliphatic heterocycles. The van der Waals surface area contributed by atoms with Crippen LogP contribution in [-0.4, -0.2) is 25.5 Å². The van der Waals surface area contributed by atoms with E-state index in [1.807, 2.05) is 0 Å². The largest absolute Gasteiger partial charge is 0.454 e. The number of guanidine groups is 1. The quantitative estimate of drug-likeness (QED) is 0.549. The van der Waals surface area contributed by atoms with E-state index >= 15 is 0 Å². The molecule has 2 rings (SSSR count). The Bertz CT molecular complexity index is 512. The Morgan fingerprint density at radius 2 is 2.19 bits per heavy atom. The van der Waals surface area contributed by atoms with E-state index in [1.165, 1.54) is 25.7 Å². The van der Waals surface area contributed by atoms with Crippen molar-refractivity contribution in [2.75, 3.05) is 13.6 Å². The molecule has 6 heteroatoms. The zero-order valence-electron chi connectivity index (χ0n) is 12.7. The van der Waals surface area contributed by atoms with Crippen LogP contribution in [0.2, 0.25) is 0 Å². The van der Waals surface area contributed by atoms with Gasteiger partial charge in [0.15, 0.2) is 11.7 Å². The third-order valence-corrected chi connectivity index (χ3v) is 4.35. The number of nitrogens with zero attached hydrogens (tertiary/aromatic N) is 1. The van der Waals surface area contributed by atoms with Gasteiger partial charge in [0.1, 0.15) is 5.76 Å². The van der Waals surface area contributed by atoms with Gasteiger partial charge in [0.25, 0.3) is 5.91 Å². The van der Waals surface area contributed by atoms with Crippen molar-refractivity contribution in [1.82, 2.24) is 10.6 Å². The van der Waals surface area contributed by atoms with E-state index in [9.17, 15) is 4.79 Å². The number of nitrogens with one attached hydrogen (secondary N) is 2. The summed E-state index contributed by atoms with van der Waals surface area (Å²) in [5, 5.41) is 6.54. The molecule has 0 radical (unpaired) electrons. The molecule has 1 amide bonds. The SMILES string of the molecule is CCC1(CNC(=NC)NCc2ccc(C(N)=O)o2)CCC1. The summed E-state index contributed by atoms with van der Waals surface area (Å²) in [5.41, 5.74) is 5.58. The van der Waals surface area contributed by atoms with Crippen LogP contribution < -0.4 is 16.4 Å². The summed E-state index contributed by atoms with van der Waals surface area (Å²) in [5.74, 6) is 1.01. The number of hydrogen-bond donors (Lipinski definition) is 3. The number of carbonyl (C=O) groups is 1. The molecule has 6 nitrogen and oxygen atoms in total. The summed E-state index contributed by atoms with van der Waals surface area (Å²) < 4.78 is 5.32. The van der Waals surface area contributed by atoms with Crippen LogP contribution in [0.5, 0.6) is 0 Å². The van der Waals surface area contributed by atoms with Gasteiger partial charge in [-0.1, -0.05) is 13.3 Å². The lowest BCUT2D eigenvalue weighted by molar-refractivity contribution is 0.0972. The highest BCUT2D eigenvalue weighted by atomic mass is 16.3. The van der Waals surface area contributed by atoms with Crippen LogP contribution in [0.3, 0.4) is 0 Å². The number of hydrogen-bond acceptors (Lipinski definition) is 3. The molecule has 1 aromatic rings. The standard InChI is InChI=1S/C15H24N4O2/c1-3-15(7-4-8-15)10-19-14(17-2)18-9-11-5-6-12(21-11)13(16)20/h5-6H,3-4,7-10H2,1-2H3,(H2,16,20)(H2,17,18,19). The maximum atomic E-state index is 11.0. The summed E-state index contributed by atoms with van der Waals surface area (Å²) >= 11 is 0. The topological polar surface area (TPSA) is 92.6 Å². The van der Waals surface area contributed by atoms with Crippen LogP contribution in [0.1, 0.15) is 48.9 Å². The fourth-order valence-corrected chi connectivity index (χ4v) is 2.60. The van der Waals surface area contributed by atoms with Crippen molar-refractivity contribution in [2.45, 2.75) is 39.2 Å². The zero-order valence-corrected chi connectivity index (χ0v) is 12.7. The van der Waals surface area contributed by atoms with E-state index < -0.39 is 5.91 Å². The zero-order chi connectivity index (χ0) is 15.3. The monoisotopic (exact) mass is 292 g/mol. The maximum Gasteiger partial charge on any atom is 0.284 e. The third kappa shape index (κ3) is 3.77. The highest BCUT2D eigenvalue weighted by Gasteiger charge is 2.34. The van der Waals surface area contributed by atoms with E-state index in [-0.39, 0.29) is 5.76 Å². The smallest absolute Gasteiger partial charge is 0.284 e. The van der Waals surface area contributed by atoms with Crippen LogP contribution >= 0.6 is 0 Å². The van der Waals surface area contributed by atoms with Crippen LogP contribution in [-0.2, 0) is 6.54 Å². The molecule has 0 aromatic carbocycles. The first-order chi connectivity index (χ1) is 10.1. The van der Waals surface area contributed by atoms with E-state index in [0.717, 1.165) is 12.5 Å². The van der Waals surface area contributed by atoms with Crippen molar-refractivity contribution in [1.29, 1.82) is 0 Å². The molecule has 1 aromatic heterocycles. The van der Waals surface area contributed by atoms with Crippen LogP contribution in [0.15, 0.2) is 21.5 Å². The van der Waals surface area contributed by atoms with Gasteiger partial charge in [-0.2, -0.15) is 0 Å². The van der Waals surface area contributed by atoms with Gasteiger partial charge in [-0.05, 0) is 36.8 Å². The molecule has 0 saturated heterocycles.